The van der Waals surface area contributed by atoms with Crippen LogP contribution in [0.4, 0.5) is 0 Å². The first-order valence-electron chi connectivity index (χ1n) is 7.68. The van der Waals surface area contributed by atoms with Gasteiger partial charge in [-0.25, -0.2) is 0 Å². The predicted molar refractivity (Wildman–Crippen MR) is 88.7 cm³/mol. The van der Waals surface area contributed by atoms with Crippen molar-refractivity contribution in [1.29, 1.82) is 0 Å². The second-order valence-corrected chi connectivity index (χ2v) is 9.88. The van der Waals surface area contributed by atoms with Crippen LogP contribution >= 0.6 is 23.5 Å². The van der Waals surface area contributed by atoms with Gasteiger partial charge >= 0.3 is 0 Å². The van der Waals surface area contributed by atoms with E-state index in [9.17, 15) is 0 Å². The Morgan fingerprint density at radius 3 is 2.21 bits per heavy atom. The van der Waals surface area contributed by atoms with E-state index in [2.05, 4.69) is 55.4 Å². The SMILES string of the molecule is CN1CC2(C)CCCC(C)(C1)C2C=C1SCCCS1. The van der Waals surface area contributed by atoms with Crippen LogP contribution in [0, 0.1) is 16.7 Å². The number of piperidine rings is 1. The molecule has 0 radical (unpaired) electrons. The van der Waals surface area contributed by atoms with Gasteiger partial charge in [-0.2, -0.15) is 0 Å². The summed E-state index contributed by atoms with van der Waals surface area (Å²) in [5.41, 5.74) is 1.01. The van der Waals surface area contributed by atoms with Gasteiger partial charge in [-0.1, -0.05) is 26.3 Å². The predicted octanol–water partition coefficient (Wildman–Crippen LogP) is 4.46. The van der Waals surface area contributed by atoms with Crippen LogP contribution in [0.1, 0.15) is 39.5 Å². The first kappa shape index (κ1) is 14.3. The van der Waals surface area contributed by atoms with Gasteiger partial charge in [-0.15, -0.1) is 23.5 Å². The molecule has 19 heavy (non-hydrogen) atoms. The fraction of sp³-hybridized carbons (Fsp3) is 0.875. The van der Waals surface area contributed by atoms with Gasteiger partial charge in [0, 0.05) is 17.3 Å². The van der Waals surface area contributed by atoms with Gasteiger partial charge in [-0.3, -0.25) is 0 Å². The van der Waals surface area contributed by atoms with E-state index in [0.717, 1.165) is 5.92 Å². The highest BCUT2D eigenvalue weighted by Gasteiger charge is 2.52. The Balaban J connectivity index is 1.89. The lowest BCUT2D eigenvalue weighted by Crippen LogP contribution is -2.57. The normalized spacial score (nSPS) is 44.2. The van der Waals surface area contributed by atoms with Crippen LogP contribution < -0.4 is 0 Å². The molecule has 1 nitrogen and oxygen atoms in total. The summed E-state index contributed by atoms with van der Waals surface area (Å²) < 4.78 is 1.63. The highest BCUT2D eigenvalue weighted by molar-refractivity contribution is 8.22. The monoisotopic (exact) mass is 297 g/mol. The minimum atomic E-state index is 0.506. The average molecular weight is 298 g/mol. The summed E-state index contributed by atoms with van der Waals surface area (Å²) in [4.78, 5) is 2.58. The molecule has 2 aliphatic heterocycles. The highest BCUT2D eigenvalue weighted by atomic mass is 32.2. The fourth-order valence-corrected chi connectivity index (χ4v) is 7.23. The van der Waals surface area contributed by atoms with Crippen LogP contribution in [-0.4, -0.2) is 36.5 Å². The molecule has 2 heterocycles. The summed E-state index contributed by atoms with van der Waals surface area (Å²) in [6.07, 6.45) is 8.32. The van der Waals surface area contributed by atoms with Crippen molar-refractivity contribution < 1.29 is 0 Å². The number of hydrogen-bond acceptors (Lipinski definition) is 3. The molecule has 2 unspecified atom stereocenters. The van der Waals surface area contributed by atoms with Gasteiger partial charge in [-0.05, 0) is 54.6 Å². The zero-order chi connectivity index (χ0) is 13.5. The van der Waals surface area contributed by atoms with E-state index in [1.54, 1.807) is 4.24 Å². The second kappa shape index (κ2) is 5.31. The Labute approximate surface area is 127 Å². The lowest BCUT2D eigenvalue weighted by Gasteiger charge is -2.58. The maximum atomic E-state index is 2.68. The molecular formula is C16H27NS2. The van der Waals surface area contributed by atoms with Gasteiger partial charge in [0.05, 0.1) is 0 Å². The van der Waals surface area contributed by atoms with Crippen LogP contribution in [0.2, 0.25) is 0 Å². The van der Waals surface area contributed by atoms with Crippen molar-refractivity contribution in [2.45, 2.75) is 39.5 Å². The van der Waals surface area contributed by atoms with Gasteiger partial charge in [0.15, 0.2) is 0 Å². The third-order valence-electron chi connectivity index (χ3n) is 5.34. The lowest BCUT2D eigenvalue weighted by molar-refractivity contribution is -0.0675. The van der Waals surface area contributed by atoms with Crippen molar-refractivity contribution in [3.8, 4) is 0 Å². The number of likely N-dealkylation sites (tertiary alicyclic amines) is 1. The van der Waals surface area contributed by atoms with E-state index in [1.807, 2.05) is 0 Å². The molecule has 0 amide bonds. The van der Waals surface area contributed by atoms with E-state index in [4.69, 9.17) is 0 Å². The first-order valence-corrected chi connectivity index (χ1v) is 9.65. The standard InChI is InChI=1S/C16H27NS2/c1-15-6-4-7-16(2,12-17(3)11-15)13(15)10-14-18-8-5-9-19-14/h10,13H,4-9,11-12H2,1-3H3. The molecule has 3 fully saturated rings. The summed E-state index contributed by atoms with van der Waals surface area (Å²) in [6, 6.07) is 0. The van der Waals surface area contributed by atoms with Gasteiger partial charge < -0.3 is 4.90 Å². The molecule has 3 heteroatoms. The molecule has 2 bridgehead atoms. The molecule has 2 saturated heterocycles. The van der Waals surface area contributed by atoms with Gasteiger partial charge in [0.25, 0.3) is 0 Å². The number of rotatable bonds is 1. The Morgan fingerprint density at radius 2 is 1.63 bits per heavy atom. The number of allylic oxidation sites excluding steroid dienone is 1. The van der Waals surface area contributed by atoms with Gasteiger partial charge in [0.2, 0.25) is 0 Å². The highest BCUT2D eigenvalue weighted by Crippen LogP contribution is 2.56. The average Bonchev–Trinajstić information content (AvgIpc) is 2.33. The lowest BCUT2D eigenvalue weighted by atomic mass is 9.53. The summed E-state index contributed by atoms with van der Waals surface area (Å²) in [5, 5.41) is 0. The number of hydrogen-bond donors (Lipinski definition) is 0. The third-order valence-corrected chi connectivity index (χ3v) is 7.87. The van der Waals surface area contributed by atoms with E-state index in [1.165, 1.54) is 50.3 Å². The molecule has 1 aliphatic carbocycles. The molecule has 0 spiro atoms. The topological polar surface area (TPSA) is 3.24 Å². The first-order chi connectivity index (χ1) is 9.02. The van der Waals surface area contributed by atoms with E-state index in [0.29, 0.717) is 10.8 Å². The molecule has 108 valence electrons. The molecule has 1 saturated carbocycles. The molecule has 2 atom stereocenters. The maximum absolute atomic E-state index is 2.68. The third kappa shape index (κ3) is 2.75. The summed E-state index contributed by atoms with van der Waals surface area (Å²) in [7, 11) is 2.31. The van der Waals surface area contributed by atoms with E-state index < -0.39 is 0 Å². The minimum Gasteiger partial charge on any atom is -0.305 e. The van der Waals surface area contributed by atoms with Crippen LogP contribution in [-0.2, 0) is 0 Å². The van der Waals surface area contributed by atoms with Crippen LogP contribution in [0.15, 0.2) is 10.3 Å². The van der Waals surface area contributed by atoms with E-state index >= 15 is 0 Å². The zero-order valence-electron chi connectivity index (χ0n) is 12.6. The van der Waals surface area contributed by atoms with Crippen molar-refractivity contribution >= 4 is 23.5 Å². The van der Waals surface area contributed by atoms with Crippen molar-refractivity contribution in [2.24, 2.45) is 16.7 Å². The number of thioether (sulfide) groups is 2. The van der Waals surface area contributed by atoms with Crippen LogP contribution in [0.3, 0.4) is 0 Å². The molecule has 3 aliphatic rings. The fourth-order valence-electron chi connectivity index (χ4n) is 4.77. The summed E-state index contributed by atoms with van der Waals surface area (Å²) in [6.45, 7) is 7.65. The second-order valence-electron chi connectivity index (χ2n) is 7.35. The van der Waals surface area contributed by atoms with E-state index in [-0.39, 0.29) is 0 Å². The molecule has 0 aromatic rings. The quantitative estimate of drug-likeness (QED) is 0.703. The van der Waals surface area contributed by atoms with Crippen LogP contribution in [0.25, 0.3) is 0 Å². The van der Waals surface area contributed by atoms with Crippen molar-refractivity contribution in [3.05, 3.63) is 10.3 Å². The smallest absolute Gasteiger partial charge is 0.0364 e. The van der Waals surface area contributed by atoms with Crippen molar-refractivity contribution in [3.63, 3.8) is 0 Å². The van der Waals surface area contributed by atoms with Gasteiger partial charge in [0.1, 0.15) is 0 Å². The van der Waals surface area contributed by atoms with Crippen molar-refractivity contribution in [2.75, 3.05) is 31.6 Å². The Morgan fingerprint density at radius 1 is 1.05 bits per heavy atom. The van der Waals surface area contributed by atoms with Crippen LogP contribution in [0.5, 0.6) is 0 Å². The Hall–Kier alpha value is 0.400. The van der Waals surface area contributed by atoms with Crippen molar-refractivity contribution in [1.82, 2.24) is 4.90 Å². The summed E-state index contributed by atoms with van der Waals surface area (Å²) in [5.74, 6) is 3.45. The Kier molecular flexibility index (Phi) is 4.01. The minimum absolute atomic E-state index is 0.506. The Bertz CT molecular complexity index is 353. The molecular weight excluding hydrogens is 270 g/mol. The molecule has 0 N–H and O–H groups in total. The number of nitrogens with zero attached hydrogens (tertiary/aromatic N) is 1. The zero-order valence-corrected chi connectivity index (χ0v) is 14.2. The number of fused-ring (bicyclic) bond motifs is 2. The largest absolute Gasteiger partial charge is 0.305 e. The molecule has 3 rings (SSSR count). The maximum Gasteiger partial charge on any atom is 0.0364 e. The summed E-state index contributed by atoms with van der Waals surface area (Å²) >= 11 is 4.21. The molecule has 0 aromatic carbocycles. The molecule has 0 aromatic heterocycles.